The monoisotopic (exact) mass is 379 g/mol. The van der Waals surface area contributed by atoms with E-state index in [1.807, 2.05) is 6.07 Å². The van der Waals surface area contributed by atoms with Gasteiger partial charge in [-0.25, -0.2) is 13.6 Å². The highest BCUT2D eigenvalue weighted by molar-refractivity contribution is 7.89. The lowest BCUT2D eigenvalue weighted by Crippen LogP contribution is -2.34. The minimum absolute atomic E-state index is 0.355. The Morgan fingerprint density at radius 3 is 2.54 bits per heavy atom. The molecule has 26 heavy (non-hydrogen) atoms. The molecule has 2 N–H and O–H groups in total. The van der Waals surface area contributed by atoms with Crippen LogP contribution in [0.25, 0.3) is 0 Å². The van der Waals surface area contributed by atoms with Crippen LogP contribution in [-0.2, 0) is 29.4 Å². The van der Waals surface area contributed by atoms with Crippen molar-refractivity contribution in [1.82, 2.24) is 9.80 Å². The Kier molecular flexibility index (Phi) is 6.38. The molecule has 3 rings (SSSR count). The number of hydrogen-bond acceptors (Lipinski definition) is 4. The molecule has 1 aromatic carbocycles. The normalized spacial score (nSPS) is 18.3. The molecule has 146 valence electrons. The standard InChI is InChI=1S/C20H33N3O2S/c1-3-22(4-2)9-5-10-23-11-8-17-13-18(12-16-6-7-16)20(26(21,24)25)14-19(17)15-23/h13-14,16H,3-12,15H2,1-2H3,(H2,21,24,25). The summed E-state index contributed by atoms with van der Waals surface area (Å²) in [6, 6.07) is 3.99. The number of primary sulfonamides is 1. The topological polar surface area (TPSA) is 66.6 Å². The van der Waals surface area contributed by atoms with Crippen molar-refractivity contribution in [1.29, 1.82) is 0 Å². The molecular weight excluding hydrogens is 346 g/mol. The van der Waals surface area contributed by atoms with Crippen LogP contribution in [0.2, 0.25) is 0 Å². The van der Waals surface area contributed by atoms with Crippen LogP contribution < -0.4 is 5.14 Å². The Morgan fingerprint density at radius 1 is 1.19 bits per heavy atom. The molecule has 1 saturated carbocycles. The van der Waals surface area contributed by atoms with E-state index in [1.165, 1.54) is 18.4 Å². The fourth-order valence-corrected chi connectivity index (χ4v) is 4.82. The molecule has 1 aliphatic heterocycles. The summed E-state index contributed by atoms with van der Waals surface area (Å²) >= 11 is 0. The zero-order chi connectivity index (χ0) is 18.7. The third kappa shape index (κ3) is 5.06. The second kappa shape index (κ2) is 8.38. The molecule has 0 aromatic heterocycles. The van der Waals surface area contributed by atoms with Gasteiger partial charge >= 0.3 is 0 Å². The Bertz CT molecular complexity index is 725. The van der Waals surface area contributed by atoms with Crippen molar-refractivity contribution in [3.63, 3.8) is 0 Å². The molecule has 0 saturated heterocycles. The molecule has 0 unspecified atom stereocenters. The minimum Gasteiger partial charge on any atom is -0.304 e. The summed E-state index contributed by atoms with van der Waals surface area (Å²) in [5.74, 6) is 0.647. The third-order valence-electron chi connectivity index (χ3n) is 5.83. The summed E-state index contributed by atoms with van der Waals surface area (Å²) < 4.78 is 24.2. The highest BCUT2D eigenvalue weighted by atomic mass is 32.2. The molecule has 0 radical (unpaired) electrons. The lowest BCUT2D eigenvalue weighted by Gasteiger charge is -2.30. The maximum atomic E-state index is 12.1. The van der Waals surface area contributed by atoms with E-state index < -0.39 is 10.0 Å². The summed E-state index contributed by atoms with van der Waals surface area (Å²) in [5, 5.41) is 5.52. The van der Waals surface area contributed by atoms with E-state index in [4.69, 9.17) is 5.14 Å². The molecule has 1 aromatic rings. The fourth-order valence-electron chi connectivity index (χ4n) is 4.00. The quantitative estimate of drug-likeness (QED) is 0.715. The van der Waals surface area contributed by atoms with E-state index in [0.717, 1.165) is 69.7 Å². The second-order valence-corrected chi connectivity index (χ2v) is 9.36. The lowest BCUT2D eigenvalue weighted by atomic mass is 9.95. The third-order valence-corrected chi connectivity index (χ3v) is 6.82. The number of hydrogen-bond donors (Lipinski definition) is 1. The number of rotatable bonds is 9. The van der Waals surface area contributed by atoms with Crippen molar-refractivity contribution in [2.75, 3.05) is 32.7 Å². The van der Waals surface area contributed by atoms with E-state index in [1.54, 1.807) is 0 Å². The molecule has 1 heterocycles. The van der Waals surface area contributed by atoms with Gasteiger partial charge in [-0.2, -0.15) is 0 Å². The maximum absolute atomic E-state index is 12.1. The smallest absolute Gasteiger partial charge is 0.238 e. The Hall–Kier alpha value is -0.950. The lowest BCUT2D eigenvalue weighted by molar-refractivity contribution is 0.223. The first kappa shape index (κ1) is 19.8. The summed E-state index contributed by atoms with van der Waals surface area (Å²) in [4.78, 5) is 5.24. The largest absolute Gasteiger partial charge is 0.304 e. The van der Waals surface area contributed by atoms with Crippen LogP contribution in [0.1, 0.15) is 49.8 Å². The molecule has 1 aliphatic carbocycles. The maximum Gasteiger partial charge on any atom is 0.238 e. The van der Waals surface area contributed by atoms with Gasteiger partial charge in [0.05, 0.1) is 4.90 Å². The van der Waals surface area contributed by atoms with Crippen LogP contribution in [0, 0.1) is 5.92 Å². The first-order chi connectivity index (χ1) is 12.4. The van der Waals surface area contributed by atoms with E-state index in [0.29, 0.717) is 10.8 Å². The average molecular weight is 380 g/mol. The van der Waals surface area contributed by atoms with Gasteiger partial charge in [0.15, 0.2) is 0 Å². The van der Waals surface area contributed by atoms with Crippen LogP contribution in [0.5, 0.6) is 0 Å². The molecule has 0 atom stereocenters. The Balaban J connectivity index is 1.69. The van der Waals surface area contributed by atoms with E-state index in [-0.39, 0.29) is 0 Å². The first-order valence-electron chi connectivity index (χ1n) is 10.0. The molecule has 5 nitrogen and oxygen atoms in total. The highest BCUT2D eigenvalue weighted by Crippen LogP contribution is 2.35. The zero-order valence-corrected chi connectivity index (χ0v) is 17.0. The number of fused-ring (bicyclic) bond motifs is 1. The number of benzene rings is 1. The molecule has 6 heteroatoms. The van der Waals surface area contributed by atoms with Crippen molar-refractivity contribution in [2.45, 2.75) is 57.4 Å². The van der Waals surface area contributed by atoms with Gasteiger partial charge in [-0.05, 0) is 87.0 Å². The van der Waals surface area contributed by atoms with Crippen LogP contribution >= 0.6 is 0 Å². The van der Waals surface area contributed by atoms with Crippen molar-refractivity contribution in [3.05, 3.63) is 28.8 Å². The Morgan fingerprint density at radius 2 is 1.92 bits per heavy atom. The van der Waals surface area contributed by atoms with E-state index >= 15 is 0 Å². The number of nitrogens with two attached hydrogens (primary N) is 1. The number of sulfonamides is 1. The molecular formula is C20H33N3O2S. The van der Waals surface area contributed by atoms with Crippen LogP contribution in [-0.4, -0.2) is 50.9 Å². The Labute approximate surface area is 158 Å². The molecule has 0 spiro atoms. The molecule has 0 bridgehead atoms. The van der Waals surface area contributed by atoms with Crippen LogP contribution in [0.15, 0.2) is 17.0 Å². The van der Waals surface area contributed by atoms with Crippen molar-refractivity contribution < 1.29 is 8.42 Å². The molecule has 2 aliphatic rings. The summed E-state index contributed by atoms with van der Waals surface area (Å²) in [6.45, 7) is 10.7. The SMILES string of the molecule is CCN(CC)CCCN1CCc2cc(CC3CC3)c(S(N)(=O)=O)cc2C1. The van der Waals surface area contributed by atoms with Gasteiger partial charge in [0, 0.05) is 13.1 Å². The van der Waals surface area contributed by atoms with Crippen LogP contribution in [0.3, 0.4) is 0 Å². The van der Waals surface area contributed by atoms with E-state index in [2.05, 4.69) is 29.7 Å². The van der Waals surface area contributed by atoms with Gasteiger partial charge in [-0.1, -0.05) is 19.9 Å². The van der Waals surface area contributed by atoms with Crippen molar-refractivity contribution in [2.24, 2.45) is 11.1 Å². The van der Waals surface area contributed by atoms with Crippen molar-refractivity contribution in [3.8, 4) is 0 Å². The average Bonchev–Trinajstić information content (AvgIpc) is 3.41. The van der Waals surface area contributed by atoms with E-state index in [9.17, 15) is 8.42 Å². The highest BCUT2D eigenvalue weighted by Gasteiger charge is 2.27. The predicted octanol–water partition coefficient (Wildman–Crippen LogP) is 2.38. The zero-order valence-electron chi connectivity index (χ0n) is 16.2. The van der Waals surface area contributed by atoms with Gasteiger partial charge in [-0.15, -0.1) is 0 Å². The van der Waals surface area contributed by atoms with Crippen LogP contribution in [0.4, 0.5) is 0 Å². The first-order valence-corrected chi connectivity index (χ1v) is 11.6. The molecule has 0 amide bonds. The predicted molar refractivity (Wildman–Crippen MR) is 106 cm³/mol. The van der Waals surface area contributed by atoms with Gasteiger partial charge < -0.3 is 4.90 Å². The minimum atomic E-state index is -3.66. The van der Waals surface area contributed by atoms with Gasteiger partial charge in [-0.3, -0.25) is 4.90 Å². The summed E-state index contributed by atoms with van der Waals surface area (Å²) in [7, 11) is -3.66. The summed E-state index contributed by atoms with van der Waals surface area (Å²) in [6.07, 6.45) is 5.43. The van der Waals surface area contributed by atoms with Gasteiger partial charge in [0.25, 0.3) is 0 Å². The van der Waals surface area contributed by atoms with Gasteiger partial charge in [0.2, 0.25) is 10.0 Å². The summed E-state index contributed by atoms with van der Waals surface area (Å²) in [5.41, 5.74) is 3.39. The van der Waals surface area contributed by atoms with Crippen molar-refractivity contribution >= 4 is 10.0 Å². The number of nitrogens with zero attached hydrogens (tertiary/aromatic N) is 2. The fraction of sp³-hybridized carbons (Fsp3) is 0.700. The molecule has 1 fully saturated rings. The van der Waals surface area contributed by atoms with Gasteiger partial charge in [0.1, 0.15) is 0 Å². The second-order valence-electron chi connectivity index (χ2n) is 7.83.